The number of hydrogen-bond acceptors (Lipinski definition) is 6. The Balaban J connectivity index is 1.93. The lowest BCUT2D eigenvalue weighted by atomic mass is 10.2. The van der Waals surface area contributed by atoms with Crippen molar-refractivity contribution in [3.8, 4) is 0 Å². The molecule has 0 saturated heterocycles. The Morgan fingerprint density at radius 3 is 3.16 bits per heavy atom. The predicted octanol–water partition coefficient (Wildman–Crippen LogP) is 1.93. The molecule has 1 heterocycles. The summed E-state index contributed by atoms with van der Waals surface area (Å²) in [5.74, 6) is -0.650. The van der Waals surface area contributed by atoms with Crippen molar-refractivity contribution in [3.63, 3.8) is 0 Å². The predicted molar refractivity (Wildman–Crippen MR) is 72.8 cm³/mol. The first-order chi connectivity index (χ1) is 9.10. The highest BCUT2D eigenvalue weighted by molar-refractivity contribution is 9.10. The van der Waals surface area contributed by atoms with E-state index >= 15 is 0 Å². The lowest BCUT2D eigenvalue weighted by Crippen LogP contribution is -2.24. The minimum atomic E-state index is -1.14. The standard InChI is InChI=1S/C12H13BrN2O4/c1-18-11(17)9(16)4-5-14-12-15-8-6-7(13)2-3-10(8)19-12/h2-3,6,9,16H,4-5H2,1H3,(H,14,15)/t9-/m0/s1. The van der Waals surface area contributed by atoms with E-state index < -0.39 is 12.1 Å². The molecule has 1 aromatic heterocycles. The van der Waals surface area contributed by atoms with Crippen LogP contribution >= 0.6 is 15.9 Å². The molecular formula is C12H13BrN2O4. The molecule has 2 rings (SSSR count). The molecule has 0 aliphatic heterocycles. The van der Waals surface area contributed by atoms with Gasteiger partial charge in [-0.2, -0.15) is 4.98 Å². The lowest BCUT2D eigenvalue weighted by molar-refractivity contribution is -0.150. The van der Waals surface area contributed by atoms with E-state index in [0.717, 1.165) is 9.99 Å². The number of fused-ring (bicyclic) bond motifs is 1. The van der Waals surface area contributed by atoms with Crippen molar-refractivity contribution in [1.82, 2.24) is 4.98 Å². The van der Waals surface area contributed by atoms with E-state index in [2.05, 4.69) is 31.0 Å². The Labute approximate surface area is 117 Å². The summed E-state index contributed by atoms with van der Waals surface area (Å²) in [6, 6.07) is 5.86. The van der Waals surface area contributed by atoms with Crippen LogP contribution < -0.4 is 5.32 Å². The molecule has 102 valence electrons. The van der Waals surface area contributed by atoms with Crippen LogP contribution in [0.15, 0.2) is 27.1 Å². The van der Waals surface area contributed by atoms with E-state index in [-0.39, 0.29) is 6.42 Å². The number of hydrogen-bond donors (Lipinski definition) is 2. The van der Waals surface area contributed by atoms with E-state index in [0.29, 0.717) is 18.1 Å². The number of aromatic nitrogens is 1. The number of ether oxygens (including phenoxy) is 1. The van der Waals surface area contributed by atoms with Crippen LogP contribution in [0, 0.1) is 0 Å². The SMILES string of the molecule is COC(=O)[C@@H](O)CCNc1nc2cc(Br)ccc2o1. The largest absolute Gasteiger partial charge is 0.467 e. The highest BCUT2D eigenvalue weighted by Gasteiger charge is 2.15. The second-order valence-electron chi connectivity index (χ2n) is 3.89. The van der Waals surface area contributed by atoms with Gasteiger partial charge in [-0.1, -0.05) is 15.9 Å². The van der Waals surface area contributed by atoms with Gasteiger partial charge in [-0.25, -0.2) is 4.79 Å². The van der Waals surface area contributed by atoms with Crippen molar-refractivity contribution in [1.29, 1.82) is 0 Å². The van der Waals surface area contributed by atoms with Crippen molar-refractivity contribution in [3.05, 3.63) is 22.7 Å². The van der Waals surface area contributed by atoms with E-state index in [1.807, 2.05) is 12.1 Å². The number of carbonyl (C=O) groups is 1. The summed E-state index contributed by atoms with van der Waals surface area (Å²) in [5.41, 5.74) is 1.39. The summed E-state index contributed by atoms with van der Waals surface area (Å²) in [6.45, 7) is 0.351. The summed E-state index contributed by atoms with van der Waals surface area (Å²) in [6.07, 6.45) is -0.925. The Hall–Kier alpha value is -1.60. The third-order valence-corrected chi connectivity index (χ3v) is 3.01. The van der Waals surface area contributed by atoms with Gasteiger partial charge >= 0.3 is 5.97 Å². The van der Waals surface area contributed by atoms with Gasteiger partial charge in [0, 0.05) is 17.4 Å². The van der Waals surface area contributed by atoms with Crippen molar-refractivity contribution in [2.24, 2.45) is 0 Å². The number of esters is 1. The average molecular weight is 329 g/mol. The smallest absolute Gasteiger partial charge is 0.334 e. The topological polar surface area (TPSA) is 84.6 Å². The number of nitrogens with one attached hydrogen (secondary N) is 1. The zero-order valence-electron chi connectivity index (χ0n) is 10.2. The summed E-state index contributed by atoms with van der Waals surface area (Å²) in [5, 5.41) is 12.3. The first-order valence-electron chi connectivity index (χ1n) is 5.66. The molecule has 0 amide bonds. The third-order valence-electron chi connectivity index (χ3n) is 2.52. The number of aliphatic hydroxyl groups is 1. The third kappa shape index (κ3) is 3.45. The molecule has 0 radical (unpaired) electrons. The fourth-order valence-corrected chi connectivity index (χ4v) is 1.89. The second-order valence-corrected chi connectivity index (χ2v) is 4.80. The van der Waals surface area contributed by atoms with E-state index in [1.165, 1.54) is 7.11 Å². The lowest BCUT2D eigenvalue weighted by Gasteiger charge is -2.07. The quantitative estimate of drug-likeness (QED) is 0.816. The van der Waals surface area contributed by atoms with Gasteiger partial charge in [-0.3, -0.25) is 0 Å². The number of oxazole rings is 1. The Kier molecular flexibility index (Phi) is 4.39. The number of aliphatic hydroxyl groups excluding tert-OH is 1. The summed E-state index contributed by atoms with van der Waals surface area (Å²) < 4.78 is 10.8. The minimum absolute atomic E-state index is 0.217. The molecule has 1 atom stereocenters. The summed E-state index contributed by atoms with van der Waals surface area (Å²) in [7, 11) is 1.23. The molecule has 0 unspecified atom stereocenters. The fraction of sp³-hybridized carbons (Fsp3) is 0.333. The molecule has 1 aromatic carbocycles. The first kappa shape index (κ1) is 13.8. The highest BCUT2D eigenvalue weighted by Crippen LogP contribution is 2.22. The van der Waals surface area contributed by atoms with Crippen LogP contribution in [0.25, 0.3) is 11.1 Å². The van der Waals surface area contributed by atoms with Gasteiger partial charge in [0.1, 0.15) is 5.52 Å². The zero-order chi connectivity index (χ0) is 13.8. The van der Waals surface area contributed by atoms with Crippen LogP contribution in [0.3, 0.4) is 0 Å². The molecular weight excluding hydrogens is 316 g/mol. The number of methoxy groups -OCH3 is 1. The van der Waals surface area contributed by atoms with Gasteiger partial charge in [0.25, 0.3) is 6.01 Å². The monoisotopic (exact) mass is 328 g/mol. The van der Waals surface area contributed by atoms with Gasteiger partial charge in [0.05, 0.1) is 7.11 Å². The Morgan fingerprint density at radius 1 is 1.63 bits per heavy atom. The fourth-order valence-electron chi connectivity index (χ4n) is 1.55. The van der Waals surface area contributed by atoms with Crippen LogP contribution in [0.5, 0.6) is 0 Å². The summed E-state index contributed by atoms with van der Waals surface area (Å²) in [4.78, 5) is 15.2. The number of anilines is 1. The maximum atomic E-state index is 11.0. The van der Waals surface area contributed by atoms with Crippen molar-refractivity contribution < 1.29 is 19.1 Å². The Bertz CT molecular complexity index is 584. The number of nitrogens with zero attached hydrogens (tertiary/aromatic N) is 1. The van der Waals surface area contributed by atoms with Crippen molar-refractivity contribution in [2.45, 2.75) is 12.5 Å². The molecule has 0 spiro atoms. The van der Waals surface area contributed by atoms with Crippen LogP contribution in [-0.2, 0) is 9.53 Å². The van der Waals surface area contributed by atoms with E-state index in [1.54, 1.807) is 6.07 Å². The molecule has 0 saturated carbocycles. The Morgan fingerprint density at radius 2 is 2.42 bits per heavy atom. The van der Waals surface area contributed by atoms with E-state index in [9.17, 15) is 9.90 Å². The minimum Gasteiger partial charge on any atom is -0.467 e. The number of halogens is 1. The molecule has 0 aliphatic rings. The van der Waals surface area contributed by atoms with Crippen LogP contribution in [0.2, 0.25) is 0 Å². The number of rotatable bonds is 5. The summed E-state index contributed by atoms with van der Waals surface area (Å²) >= 11 is 3.35. The van der Waals surface area contributed by atoms with Gasteiger partial charge in [-0.05, 0) is 18.2 Å². The van der Waals surface area contributed by atoms with Gasteiger partial charge in [0.15, 0.2) is 11.7 Å². The molecule has 6 nitrogen and oxygen atoms in total. The molecule has 0 aliphatic carbocycles. The number of carbonyl (C=O) groups excluding carboxylic acids is 1. The van der Waals surface area contributed by atoms with Gasteiger partial charge in [0.2, 0.25) is 0 Å². The first-order valence-corrected chi connectivity index (χ1v) is 6.45. The molecule has 2 N–H and O–H groups in total. The molecule has 7 heteroatoms. The molecule has 0 fully saturated rings. The molecule has 0 bridgehead atoms. The maximum absolute atomic E-state index is 11.0. The highest BCUT2D eigenvalue weighted by atomic mass is 79.9. The van der Waals surface area contributed by atoms with E-state index in [4.69, 9.17) is 4.42 Å². The zero-order valence-corrected chi connectivity index (χ0v) is 11.8. The van der Waals surface area contributed by atoms with Gasteiger partial charge < -0.3 is 19.6 Å². The van der Waals surface area contributed by atoms with Crippen molar-refractivity contribution >= 4 is 39.0 Å². The maximum Gasteiger partial charge on any atom is 0.334 e. The van der Waals surface area contributed by atoms with Crippen molar-refractivity contribution in [2.75, 3.05) is 19.0 Å². The van der Waals surface area contributed by atoms with Gasteiger partial charge in [-0.15, -0.1) is 0 Å². The second kappa shape index (κ2) is 6.03. The number of benzene rings is 1. The van der Waals surface area contributed by atoms with Crippen LogP contribution in [0.4, 0.5) is 6.01 Å². The van der Waals surface area contributed by atoms with Crippen LogP contribution in [-0.4, -0.2) is 35.8 Å². The molecule has 19 heavy (non-hydrogen) atoms. The molecule has 2 aromatic rings. The normalized spacial score (nSPS) is 12.4. The van der Waals surface area contributed by atoms with Crippen LogP contribution in [0.1, 0.15) is 6.42 Å². The average Bonchev–Trinajstić information content (AvgIpc) is 2.79.